The molecule has 0 spiro atoms. The van der Waals surface area contributed by atoms with Gasteiger partial charge in [-0.2, -0.15) is 15.0 Å². The first-order chi connectivity index (χ1) is 36.2. The fraction of sp³-hybridized carbons (Fsp3) is 0.805. The molecule has 4 N–H and O–H groups in total. The lowest BCUT2D eigenvalue weighted by atomic mass is 10.5. The molecular formula is C41H86N16O19. The van der Waals surface area contributed by atoms with Crippen LogP contribution in [0.25, 0.3) is 0 Å². The lowest BCUT2D eigenvalue weighted by Gasteiger charge is -2.40. The molecule has 10 amide bonds. The molecule has 1 aromatic rings. The third-order valence-electron chi connectivity index (χ3n) is 8.74. The van der Waals surface area contributed by atoms with Crippen molar-refractivity contribution in [2.24, 2.45) is 0 Å². The first-order valence-corrected chi connectivity index (χ1v) is 22.2. The van der Waals surface area contributed by atoms with Gasteiger partial charge < -0.3 is 87.6 Å². The average molecular weight is 1110 g/mol. The number of hydrogen-bond donors (Lipinski definition) is 4. The highest BCUT2D eigenvalue weighted by Crippen LogP contribution is 2.20. The minimum absolute atomic E-state index is 0. The molecule has 2 aliphatic rings. The summed E-state index contributed by atoms with van der Waals surface area (Å²) in [6.07, 6.45) is 0. The van der Waals surface area contributed by atoms with E-state index in [9.17, 15) is 24.0 Å². The summed E-state index contributed by atoms with van der Waals surface area (Å²) >= 11 is 0. The molecule has 2 fully saturated rings. The van der Waals surface area contributed by atoms with E-state index in [1.54, 1.807) is 57.4 Å². The van der Waals surface area contributed by atoms with Crippen LogP contribution in [0.3, 0.4) is 0 Å². The van der Waals surface area contributed by atoms with Gasteiger partial charge in [0.2, 0.25) is 17.8 Å². The molecular weight excluding hydrogens is 1020 g/mol. The summed E-state index contributed by atoms with van der Waals surface area (Å²) in [7, 11) is 21.4. The molecule has 2 saturated heterocycles. The molecule has 76 heavy (non-hydrogen) atoms. The standard InChI is InChI=1S/C15H30N6O6.C12H24N4O6.C9H20N2O5.C4H8N4O2.CH4/c1-22-7-19(8-23-2)13-16-14(20(9-24-3)10-25-4)18-15(17-13)21(11-26-5)12-27-6;1-19-7-13-5-14(8-20-2)12(18)16(10-22-4)6-15(9-21-3)11(13)17;1-13-5-10(6-14-2)9(12)11(7-15-3)8-16-4;9-3-5-1-6-4(10)8-2-7-3;/h7-12H2,1-6H3;5-10H2,1-4H3;5-8H2,1-4H3;1-2H2,(H2,5,7,9)(H2,6,8,10);1H4. The van der Waals surface area contributed by atoms with Crippen molar-refractivity contribution in [2.45, 2.75) is 7.43 Å². The van der Waals surface area contributed by atoms with Crippen molar-refractivity contribution in [3.05, 3.63) is 0 Å². The minimum atomic E-state index is -0.307. The van der Waals surface area contributed by atoms with E-state index in [1.807, 2.05) is 0 Å². The molecule has 0 saturated carbocycles. The van der Waals surface area contributed by atoms with Crippen molar-refractivity contribution in [3.63, 3.8) is 0 Å². The van der Waals surface area contributed by atoms with E-state index < -0.39 is 0 Å². The number of rotatable bonds is 31. The van der Waals surface area contributed by atoms with Crippen LogP contribution >= 0.6 is 0 Å². The topological polar surface area (TPSA) is 331 Å². The van der Waals surface area contributed by atoms with Crippen LogP contribution in [0.2, 0.25) is 0 Å². The molecule has 35 nitrogen and oxygen atoms in total. The summed E-state index contributed by atoms with van der Waals surface area (Å²) in [5, 5.41) is 9.57. The number of nitrogens with zero attached hydrogens (tertiary/aromatic N) is 12. The Balaban J connectivity index is 0. The quantitative estimate of drug-likeness (QED) is 0.0646. The van der Waals surface area contributed by atoms with E-state index >= 15 is 0 Å². The van der Waals surface area contributed by atoms with Crippen molar-refractivity contribution in [1.29, 1.82) is 0 Å². The SMILES string of the molecule is C.COCN(COC)C(=O)N(COC)COC.COCN(COC)c1nc(N(COC)COC)nc(N(COC)COC)n1.COCN1CN(COC)C(=O)N(COC)CN(COC)C1=O.O=C1NCNC(=O)NCN1. The van der Waals surface area contributed by atoms with Gasteiger partial charge >= 0.3 is 30.2 Å². The Morgan fingerprint density at radius 2 is 0.592 bits per heavy atom. The van der Waals surface area contributed by atoms with Crippen LogP contribution in [-0.4, -0.2) is 295 Å². The molecule has 3 rings (SSSR count). The van der Waals surface area contributed by atoms with Crippen LogP contribution in [0.5, 0.6) is 0 Å². The van der Waals surface area contributed by atoms with Crippen LogP contribution in [-0.2, 0) is 66.3 Å². The highest BCUT2D eigenvalue weighted by atomic mass is 16.5. The van der Waals surface area contributed by atoms with Gasteiger partial charge in [0.15, 0.2) is 0 Å². The molecule has 0 unspecified atom stereocenters. The van der Waals surface area contributed by atoms with Crippen LogP contribution in [0.4, 0.5) is 41.8 Å². The van der Waals surface area contributed by atoms with Gasteiger partial charge in [0.1, 0.15) is 108 Å². The minimum Gasteiger partial charge on any atom is -0.364 e. The number of aromatic nitrogens is 3. The molecule has 0 bridgehead atoms. The van der Waals surface area contributed by atoms with Crippen molar-refractivity contribution in [1.82, 2.24) is 65.6 Å². The fourth-order valence-corrected chi connectivity index (χ4v) is 5.88. The monoisotopic (exact) mass is 1110 g/mol. The van der Waals surface area contributed by atoms with Crippen LogP contribution in [0.15, 0.2) is 0 Å². The Kier molecular flexibility index (Phi) is 43.2. The number of amides is 10. The first-order valence-electron chi connectivity index (χ1n) is 22.2. The summed E-state index contributed by atoms with van der Waals surface area (Å²) < 4.78 is 71.1. The maximum atomic E-state index is 12.5. The third kappa shape index (κ3) is 28.4. The highest BCUT2D eigenvalue weighted by Gasteiger charge is 2.33. The van der Waals surface area contributed by atoms with Gasteiger partial charge in [-0.3, -0.25) is 44.1 Å². The number of methoxy groups -OCH3 is 14. The molecule has 2 aliphatic heterocycles. The fourth-order valence-electron chi connectivity index (χ4n) is 5.88. The molecule has 35 heteroatoms. The summed E-state index contributed by atoms with van der Waals surface area (Å²) in [4.78, 5) is 85.1. The summed E-state index contributed by atoms with van der Waals surface area (Å²) in [5.74, 6) is 1.11. The van der Waals surface area contributed by atoms with Crippen molar-refractivity contribution in [3.8, 4) is 0 Å². The predicted molar refractivity (Wildman–Crippen MR) is 270 cm³/mol. The van der Waals surface area contributed by atoms with Gasteiger partial charge in [0, 0.05) is 99.5 Å². The molecule has 0 aliphatic carbocycles. The Labute approximate surface area is 445 Å². The zero-order chi connectivity index (χ0) is 56.4. The van der Waals surface area contributed by atoms with Crippen molar-refractivity contribution in [2.75, 3.05) is 235 Å². The Morgan fingerprint density at radius 1 is 0.382 bits per heavy atom. The average Bonchev–Trinajstić information content (AvgIpc) is 3.39. The van der Waals surface area contributed by atoms with E-state index in [1.165, 1.54) is 86.3 Å². The van der Waals surface area contributed by atoms with E-state index in [0.717, 1.165) is 0 Å². The van der Waals surface area contributed by atoms with E-state index in [-0.39, 0.29) is 158 Å². The zero-order valence-electron chi connectivity index (χ0n) is 45.9. The number of nitrogens with one attached hydrogen (secondary N) is 4. The molecule has 0 atom stereocenters. The Morgan fingerprint density at radius 3 is 0.776 bits per heavy atom. The second kappa shape index (κ2) is 45.4. The highest BCUT2D eigenvalue weighted by molar-refractivity contribution is 5.80. The number of anilines is 3. The molecule has 0 radical (unpaired) electrons. The number of ether oxygens (including phenoxy) is 14. The second-order valence-electron chi connectivity index (χ2n) is 14.8. The van der Waals surface area contributed by atoms with E-state index in [0.29, 0.717) is 17.8 Å². The summed E-state index contributed by atoms with van der Waals surface area (Å²) in [5.41, 5.74) is 0. The second-order valence-corrected chi connectivity index (χ2v) is 14.8. The van der Waals surface area contributed by atoms with Crippen LogP contribution in [0, 0.1) is 0 Å². The van der Waals surface area contributed by atoms with Crippen molar-refractivity contribution >= 4 is 48.0 Å². The summed E-state index contributed by atoms with van der Waals surface area (Å²) in [6, 6.07) is -1.48. The van der Waals surface area contributed by atoms with Gasteiger partial charge in [-0.1, -0.05) is 7.43 Å². The largest absolute Gasteiger partial charge is 0.364 e. The van der Waals surface area contributed by atoms with Gasteiger partial charge in [0.05, 0.1) is 13.3 Å². The van der Waals surface area contributed by atoms with E-state index in [4.69, 9.17) is 66.3 Å². The maximum absolute atomic E-state index is 12.5. The Bertz CT molecular complexity index is 1470. The van der Waals surface area contributed by atoms with Gasteiger partial charge in [0.25, 0.3) is 0 Å². The van der Waals surface area contributed by atoms with Gasteiger partial charge in [-0.05, 0) is 0 Å². The third-order valence-corrected chi connectivity index (χ3v) is 8.74. The number of urea groups is 5. The molecule has 1 aromatic heterocycles. The van der Waals surface area contributed by atoms with Crippen LogP contribution in [0.1, 0.15) is 7.43 Å². The van der Waals surface area contributed by atoms with Gasteiger partial charge in [-0.15, -0.1) is 0 Å². The number of hydrogen-bond acceptors (Lipinski definition) is 25. The molecule has 0 aromatic carbocycles. The van der Waals surface area contributed by atoms with E-state index in [2.05, 4.69) is 36.2 Å². The lowest BCUT2D eigenvalue weighted by Crippen LogP contribution is -2.60. The lowest BCUT2D eigenvalue weighted by molar-refractivity contribution is -0.0463. The predicted octanol–water partition coefficient (Wildman–Crippen LogP) is -1.03. The normalized spacial score (nSPS) is 13.4. The summed E-state index contributed by atoms with van der Waals surface area (Å²) in [6.45, 7) is 2.61. The van der Waals surface area contributed by atoms with Crippen molar-refractivity contribution < 1.29 is 90.3 Å². The smallest absolute Gasteiger partial charge is 0.327 e. The Hall–Kier alpha value is -5.80. The molecule has 3 heterocycles. The zero-order valence-corrected chi connectivity index (χ0v) is 45.9. The maximum Gasteiger partial charge on any atom is 0.327 e. The number of carbonyl (C=O) groups is 5. The number of carbonyl (C=O) groups excluding carboxylic acids is 5. The van der Waals surface area contributed by atoms with Crippen LogP contribution < -0.4 is 36.0 Å². The molecule has 444 valence electrons. The first kappa shape index (κ1) is 72.3. The van der Waals surface area contributed by atoms with Gasteiger partial charge in [-0.25, -0.2) is 24.0 Å².